The third-order valence-corrected chi connectivity index (χ3v) is 6.53. The van der Waals surface area contributed by atoms with Gasteiger partial charge in [-0.25, -0.2) is 14.8 Å². The van der Waals surface area contributed by atoms with Crippen molar-refractivity contribution < 1.29 is 33.7 Å². The fourth-order valence-electron chi connectivity index (χ4n) is 4.45. The van der Waals surface area contributed by atoms with Crippen molar-refractivity contribution in [2.24, 2.45) is 0 Å². The summed E-state index contributed by atoms with van der Waals surface area (Å²) in [6.45, 7) is 0.336. The normalized spacial score (nSPS) is 16.2. The van der Waals surface area contributed by atoms with Gasteiger partial charge in [-0.05, 0) is 17.7 Å². The largest absolute Gasteiger partial charge is 0.480 e. The number of piperazine rings is 1. The first-order chi connectivity index (χ1) is 19.4. The average molecular weight is 572 g/mol. The highest BCUT2D eigenvalue weighted by atomic mass is 35.5. The number of carbonyl (C=O) groups excluding carboxylic acids is 2. The zero-order valence-corrected chi connectivity index (χ0v) is 22.0. The number of anilines is 1. The Labute approximate surface area is 233 Å². The van der Waals surface area contributed by atoms with Gasteiger partial charge in [-0.2, -0.15) is 4.98 Å². The highest BCUT2D eigenvalue weighted by Gasteiger charge is 2.32. The molecule has 1 unspecified atom stereocenters. The third kappa shape index (κ3) is 6.58. The number of ether oxygens (including phenoxy) is 3. The van der Waals surface area contributed by atoms with Gasteiger partial charge in [0.05, 0.1) is 6.04 Å². The Morgan fingerprint density at radius 1 is 1.12 bits per heavy atom. The smallest absolute Gasteiger partial charge is 0.329 e. The van der Waals surface area contributed by atoms with E-state index in [2.05, 4.69) is 20.3 Å². The van der Waals surface area contributed by atoms with Crippen LogP contribution in [0.4, 0.5) is 5.82 Å². The molecule has 2 aliphatic rings. The summed E-state index contributed by atoms with van der Waals surface area (Å²) in [6, 6.07) is 6.59. The lowest BCUT2D eigenvalue weighted by Crippen LogP contribution is -2.57. The number of hydrogen-bond donors (Lipinski definition) is 2. The Hall–Kier alpha value is -4.43. The van der Waals surface area contributed by atoms with E-state index in [0.717, 1.165) is 5.56 Å². The predicted octanol–water partition coefficient (Wildman–Crippen LogP) is 0.869. The number of aliphatic carboxylic acids is 1. The van der Waals surface area contributed by atoms with Crippen LogP contribution in [0.3, 0.4) is 0 Å². The lowest BCUT2D eigenvalue weighted by molar-refractivity contribution is -0.146. The van der Waals surface area contributed by atoms with Gasteiger partial charge in [-0.1, -0.05) is 17.7 Å². The Bertz CT molecular complexity index is 1390. The first-order valence-electron chi connectivity index (χ1n) is 12.4. The summed E-state index contributed by atoms with van der Waals surface area (Å²) in [4.78, 5) is 52.9. The minimum atomic E-state index is -1.16. The van der Waals surface area contributed by atoms with Crippen LogP contribution >= 0.6 is 11.6 Å². The number of fused-ring (bicyclic) bond motifs is 1. The van der Waals surface area contributed by atoms with Gasteiger partial charge in [0.15, 0.2) is 11.5 Å². The summed E-state index contributed by atoms with van der Waals surface area (Å²) in [7, 11) is 0. The number of rotatable bonds is 10. The van der Waals surface area contributed by atoms with Crippen molar-refractivity contribution in [3.63, 3.8) is 0 Å². The van der Waals surface area contributed by atoms with E-state index in [1.54, 1.807) is 40.3 Å². The van der Waals surface area contributed by atoms with E-state index in [1.807, 2.05) is 17.0 Å². The second-order valence-electron chi connectivity index (χ2n) is 9.06. The number of halogens is 1. The number of carboxylic acids is 1. The van der Waals surface area contributed by atoms with Crippen LogP contribution in [0.5, 0.6) is 11.5 Å². The van der Waals surface area contributed by atoms with Gasteiger partial charge in [0.25, 0.3) is 0 Å². The quantitative estimate of drug-likeness (QED) is 0.332. The predicted molar refractivity (Wildman–Crippen MR) is 139 cm³/mol. The molecular formula is C25H26ClN7O7. The monoisotopic (exact) mass is 571 g/mol. The minimum absolute atomic E-state index is 0.0480. The van der Waals surface area contributed by atoms with E-state index < -0.39 is 18.6 Å². The summed E-state index contributed by atoms with van der Waals surface area (Å²) < 4.78 is 17.3. The maximum Gasteiger partial charge on any atom is 0.329 e. The first-order valence-corrected chi connectivity index (χ1v) is 12.8. The molecule has 15 heteroatoms. The van der Waals surface area contributed by atoms with E-state index in [-0.39, 0.29) is 49.9 Å². The van der Waals surface area contributed by atoms with E-state index in [0.29, 0.717) is 36.4 Å². The Balaban J connectivity index is 1.30. The van der Waals surface area contributed by atoms with Gasteiger partial charge in [0.1, 0.15) is 30.5 Å². The van der Waals surface area contributed by atoms with E-state index in [9.17, 15) is 14.4 Å². The number of hydrogen-bond acceptors (Lipinski definition) is 10. The molecule has 210 valence electrons. The van der Waals surface area contributed by atoms with Crippen molar-refractivity contribution in [2.75, 3.05) is 44.5 Å². The highest BCUT2D eigenvalue weighted by Crippen LogP contribution is 2.32. The summed E-state index contributed by atoms with van der Waals surface area (Å²) in [6.07, 6.45) is 4.87. The topological polar surface area (TPSA) is 161 Å². The van der Waals surface area contributed by atoms with Crippen molar-refractivity contribution >= 4 is 35.2 Å². The fraction of sp³-hybridized carbons (Fsp3) is 0.360. The van der Waals surface area contributed by atoms with E-state index >= 15 is 0 Å². The molecule has 5 rings (SSSR count). The molecule has 1 atom stereocenters. The third-order valence-electron chi connectivity index (χ3n) is 6.33. The number of carboxylic acid groups (broad SMARTS) is 1. The van der Waals surface area contributed by atoms with Crippen LogP contribution in [-0.2, 0) is 25.7 Å². The molecule has 1 saturated heterocycles. The zero-order valence-electron chi connectivity index (χ0n) is 21.2. The molecule has 14 nitrogen and oxygen atoms in total. The molecule has 3 aromatic rings. The lowest BCUT2D eigenvalue weighted by atomic mass is 10.1. The van der Waals surface area contributed by atoms with Gasteiger partial charge in [-0.15, -0.1) is 0 Å². The first kappa shape index (κ1) is 27.1. The molecule has 4 heterocycles. The SMILES string of the molecule is O=C(O)COCC(=O)N1CCN(c2cc(Cl)nc(-n3ccnc3)n2)C(CC(=O)NCc2ccc3c(c2)OCO3)C1. The Kier molecular flexibility index (Phi) is 8.26. The Morgan fingerprint density at radius 3 is 2.77 bits per heavy atom. The van der Waals surface area contributed by atoms with Crippen molar-refractivity contribution in [1.29, 1.82) is 0 Å². The standard InChI is InChI=1S/C25H26ClN7O7/c26-20-9-21(30-25(29-20)32-4-3-27-14-32)33-6-5-31(23(35)12-38-13-24(36)37)11-17(33)8-22(34)28-10-16-1-2-18-19(7-16)40-15-39-18/h1-4,7,9,14,17H,5-6,8,10-13,15H2,(H,28,34)(H,36,37). The summed E-state index contributed by atoms with van der Waals surface area (Å²) >= 11 is 6.32. The Morgan fingerprint density at radius 2 is 1.98 bits per heavy atom. The molecule has 0 radical (unpaired) electrons. The number of imidazole rings is 1. The van der Waals surface area contributed by atoms with Gasteiger partial charge < -0.3 is 34.4 Å². The van der Waals surface area contributed by atoms with Crippen LogP contribution < -0.4 is 19.7 Å². The van der Waals surface area contributed by atoms with Crippen molar-refractivity contribution in [1.82, 2.24) is 29.7 Å². The molecule has 0 aliphatic carbocycles. The minimum Gasteiger partial charge on any atom is -0.480 e. The van der Waals surface area contributed by atoms with Crippen LogP contribution in [0.2, 0.25) is 5.15 Å². The molecule has 2 aromatic heterocycles. The maximum absolute atomic E-state index is 13.1. The molecule has 40 heavy (non-hydrogen) atoms. The second-order valence-corrected chi connectivity index (χ2v) is 9.45. The maximum atomic E-state index is 13.1. The van der Waals surface area contributed by atoms with Gasteiger partial charge in [-0.3, -0.25) is 14.2 Å². The molecule has 1 fully saturated rings. The van der Waals surface area contributed by atoms with Crippen LogP contribution in [0.1, 0.15) is 12.0 Å². The van der Waals surface area contributed by atoms with Crippen LogP contribution in [0.25, 0.3) is 5.95 Å². The number of amides is 2. The summed E-state index contributed by atoms with van der Waals surface area (Å²) in [5.74, 6) is 0.315. The molecule has 0 saturated carbocycles. The average Bonchev–Trinajstić information content (AvgIpc) is 3.63. The molecular weight excluding hydrogens is 546 g/mol. The van der Waals surface area contributed by atoms with Crippen molar-refractivity contribution in [2.45, 2.75) is 19.0 Å². The van der Waals surface area contributed by atoms with Crippen LogP contribution in [0, 0.1) is 0 Å². The van der Waals surface area contributed by atoms with Crippen LogP contribution in [0.15, 0.2) is 43.0 Å². The molecule has 2 amide bonds. The second kappa shape index (κ2) is 12.2. The number of nitrogens with zero attached hydrogens (tertiary/aromatic N) is 6. The molecule has 2 N–H and O–H groups in total. The van der Waals surface area contributed by atoms with Crippen LogP contribution in [-0.4, -0.2) is 93.0 Å². The van der Waals surface area contributed by atoms with Crippen molar-refractivity contribution in [3.05, 3.63) is 53.7 Å². The van der Waals surface area contributed by atoms with Gasteiger partial charge in [0.2, 0.25) is 24.6 Å². The highest BCUT2D eigenvalue weighted by molar-refractivity contribution is 6.29. The summed E-state index contributed by atoms with van der Waals surface area (Å²) in [5, 5.41) is 11.9. The molecule has 0 bridgehead atoms. The zero-order chi connectivity index (χ0) is 28.1. The molecule has 0 spiro atoms. The molecule has 2 aliphatic heterocycles. The fourth-order valence-corrected chi connectivity index (χ4v) is 4.62. The van der Waals surface area contributed by atoms with Gasteiger partial charge in [0, 0.05) is 51.1 Å². The summed E-state index contributed by atoms with van der Waals surface area (Å²) in [5.41, 5.74) is 0.845. The number of carbonyl (C=O) groups is 3. The van der Waals surface area contributed by atoms with Crippen molar-refractivity contribution in [3.8, 4) is 17.4 Å². The van der Waals surface area contributed by atoms with E-state index in [4.69, 9.17) is 30.9 Å². The number of aromatic nitrogens is 4. The van der Waals surface area contributed by atoms with Gasteiger partial charge >= 0.3 is 5.97 Å². The number of nitrogens with one attached hydrogen (secondary N) is 1. The lowest BCUT2D eigenvalue weighted by Gasteiger charge is -2.42. The molecule has 1 aromatic carbocycles. The number of benzene rings is 1. The van der Waals surface area contributed by atoms with E-state index in [1.165, 1.54) is 0 Å².